The molecule has 0 bridgehead atoms. The summed E-state index contributed by atoms with van der Waals surface area (Å²) >= 11 is 0. The minimum Gasteiger partial charge on any atom is -0.396 e. The van der Waals surface area contributed by atoms with Gasteiger partial charge in [-0.05, 0) is 41.2 Å². The van der Waals surface area contributed by atoms with Crippen molar-refractivity contribution in [1.82, 2.24) is 14.7 Å². The molecule has 5 heteroatoms. The predicted molar refractivity (Wildman–Crippen MR) is 107 cm³/mol. The van der Waals surface area contributed by atoms with Gasteiger partial charge >= 0.3 is 0 Å². The Balaban J connectivity index is 1.31. The van der Waals surface area contributed by atoms with Crippen LogP contribution < -0.4 is 0 Å². The first kappa shape index (κ1) is 17.6. The fourth-order valence-electron chi connectivity index (χ4n) is 5.21. The van der Waals surface area contributed by atoms with Crippen molar-refractivity contribution in [2.24, 2.45) is 11.3 Å². The van der Waals surface area contributed by atoms with Crippen LogP contribution in [-0.2, 0) is 6.54 Å². The van der Waals surface area contributed by atoms with Crippen molar-refractivity contribution in [2.45, 2.75) is 18.6 Å². The van der Waals surface area contributed by atoms with E-state index >= 15 is 0 Å². The Morgan fingerprint density at radius 2 is 1.82 bits per heavy atom. The predicted octanol–water partition coefficient (Wildman–Crippen LogP) is 2.44. The monoisotopic (exact) mass is 375 g/mol. The highest BCUT2D eigenvalue weighted by atomic mass is 16.3. The van der Waals surface area contributed by atoms with Crippen molar-refractivity contribution in [2.75, 3.05) is 19.7 Å². The normalized spacial score (nSPS) is 29.4. The van der Waals surface area contributed by atoms with Crippen molar-refractivity contribution >= 4 is 0 Å². The number of likely N-dealkylation sites (tertiary alicyclic amines) is 1. The highest BCUT2D eigenvalue weighted by molar-refractivity contribution is 5.37. The van der Waals surface area contributed by atoms with E-state index in [9.17, 15) is 10.2 Å². The first-order valence-corrected chi connectivity index (χ1v) is 9.87. The number of β-amino-alcohol motifs (C(OH)–C–C–N with tert-alkyl or cyclic N) is 1. The summed E-state index contributed by atoms with van der Waals surface area (Å²) in [7, 11) is 0. The van der Waals surface area contributed by atoms with Gasteiger partial charge in [0, 0.05) is 44.0 Å². The molecule has 3 aromatic rings. The number of aromatic nitrogens is 2. The summed E-state index contributed by atoms with van der Waals surface area (Å²) in [6.45, 7) is 2.40. The Kier molecular flexibility index (Phi) is 4.31. The van der Waals surface area contributed by atoms with E-state index in [0.717, 1.165) is 18.8 Å². The van der Waals surface area contributed by atoms with Gasteiger partial charge in [0.15, 0.2) is 0 Å². The maximum Gasteiger partial charge on any atom is 0.0745 e. The molecule has 0 radical (unpaired) electrons. The van der Waals surface area contributed by atoms with Crippen molar-refractivity contribution < 1.29 is 10.2 Å². The minimum atomic E-state index is -0.404. The van der Waals surface area contributed by atoms with Gasteiger partial charge in [-0.3, -0.25) is 4.90 Å². The summed E-state index contributed by atoms with van der Waals surface area (Å²) in [5, 5.41) is 25.1. The fourth-order valence-corrected chi connectivity index (χ4v) is 5.21. The molecular weight excluding hydrogens is 350 g/mol. The Labute approximate surface area is 164 Å². The van der Waals surface area contributed by atoms with Gasteiger partial charge in [-0.25, -0.2) is 4.68 Å². The largest absolute Gasteiger partial charge is 0.396 e. The highest BCUT2D eigenvalue weighted by Gasteiger charge is 2.70. The quantitative estimate of drug-likeness (QED) is 0.719. The van der Waals surface area contributed by atoms with Gasteiger partial charge < -0.3 is 10.2 Å². The summed E-state index contributed by atoms with van der Waals surface area (Å²) < 4.78 is 1.85. The molecule has 2 heterocycles. The Bertz CT molecular complexity index is 926. The van der Waals surface area contributed by atoms with Crippen LogP contribution in [0.25, 0.3) is 5.69 Å². The van der Waals surface area contributed by atoms with Crippen molar-refractivity contribution in [1.29, 1.82) is 0 Å². The fraction of sp³-hybridized carbons (Fsp3) is 0.348. The van der Waals surface area contributed by atoms with Crippen LogP contribution in [0, 0.1) is 11.3 Å². The molecule has 28 heavy (non-hydrogen) atoms. The van der Waals surface area contributed by atoms with Gasteiger partial charge in [-0.1, -0.05) is 42.5 Å². The van der Waals surface area contributed by atoms with Crippen LogP contribution in [0.15, 0.2) is 73.1 Å². The molecule has 144 valence electrons. The molecule has 1 spiro atoms. The van der Waals surface area contributed by atoms with E-state index in [-0.39, 0.29) is 23.9 Å². The van der Waals surface area contributed by atoms with E-state index in [4.69, 9.17) is 0 Å². The number of hydrogen-bond donors (Lipinski definition) is 2. The van der Waals surface area contributed by atoms with E-state index in [2.05, 4.69) is 46.4 Å². The molecule has 2 N–H and O–H groups in total. The van der Waals surface area contributed by atoms with Crippen LogP contribution >= 0.6 is 0 Å². The summed E-state index contributed by atoms with van der Waals surface area (Å²) in [4.78, 5) is 2.32. The molecule has 0 unspecified atom stereocenters. The van der Waals surface area contributed by atoms with E-state index < -0.39 is 6.10 Å². The number of hydrogen-bond acceptors (Lipinski definition) is 4. The molecule has 1 aliphatic carbocycles. The van der Waals surface area contributed by atoms with Gasteiger partial charge in [-0.2, -0.15) is 5.10 Å². The molecule has 1 aliphatic heterocycles. The van der Waals surface area contributed by atoms with Crippen LogP contribution in [0.2, 0.25) is 0 Å². The third kappa shape index (κ3) is 2.78. The first-order chi connectivity index (χ1) is 13.7. The molecule has 4 atom stereocenters. The van der Waals surface area contributed by atoms with E-state index in [0.29, 0.717) is 6.54 Å². The van der Waals surface area contributed by atoms with E-state index in [1.54, 1.807) is 6.20 Å². The Morgan fingerprint density at radius 1 is 1.04 bits per heavy atom. The van der Waals surface area contributed by atoms with Gasteiger partial charge in [0.2, 0.25) is 0 Å². The topological polar surface area (TPSA) is 61.5 Å². The summed E-state index contributed by atoms with van der Waals surface area (Å²) in [6.07, 6.45) is 3.30. The van der Waals surface area contributed by atoms with Crippen LogP contribution in [0.5, 0.6) is 0 Å². The average molecular weight is 375 g/mol. The van der Waals surface area contributed by atoms with Crippen LogP contribution in [0.1, 0.15) is 17.0 Å². The Hall–Kier alpha value is -2.47. The second-order valence-corrected chi connectivity index (χ2v) is 8.09. The lowest BCUT2D eigenvalue weighted by Gasteiger charge is -2.17. The van der Waals surface area contributed by atoms with Crippen LogP contribution in [0.4, 0.5) is 0 Å². The second kappa shape index (κ2) is 6.85. The highest BCUT2D eigenvalue weighted by Crippen LogP contribution is 2.68. The number of aliphatic hydroxyl groups excluding tert-OH is 2. The summed E-state index contributed by atoms with van der Waals surface area (Å²) in [5.41, 5.74) is 3.27. The molecular formula is C23H25N3O2. The second-order valence-electron chi connectivity index (χ2n) is 8.09. The zero-order valence-corrected chi connectivity index (χ0v) is 15.7. The van der Waals surface area contributed by atoms with Crippen LogP contribution in [0.3, 0.4) is 0 Å². The maximum atomic E-state index is 10.9. The molecule has 1 saturated heterocycles. The van der Waals surface area contributed by atoms with Crippen molar-refractivity contribution in [3.05, 3.63) is 84.2 Å². The van der Waals surface area contributed by atoms with Gasteiger partial charge in [0.05, 0.1) is 11.8 Å². The lowest BCUT2D eigenvalue weighted by molar-refractivity contribution is 0.111. The smallest absolute Gasteiger partial charge is 0.0745 e. The third-order valence-electron chi connectivity index (χ3n) is 6.58. The molecule has 5 nitrogen and oxygen atoms in total. The summed E-state index contributed by atoms with van der Waals surface area (Å²) in [6, 6.07) is 20.6. The summed E-state index contributed by atoms with van der Waals surface area (Å²) in [5.74, 6) is 0.373. The SMILES string of the molecule is OC[C@@H]1[C@@H](c2ccccc2)[C@]12CN(Cc1ccc(-n3cccn3)cc1)C[C@H]2O. The van der Waals surface area contributed by atoms with E-state index in [1.807, 2.05) is 35.1 Å². The Morgan fingerprint density at radius 3 is 2.50 bits per heavy atom. The molecule has 1 aromatic heterocycles. The van der Waals surface area contributed by atoms with Crippen molar-refractivity contribution in [3.63, 3.8) is 0 Å². The number of nitrogens with zero attached hydrogens (tertiary/aromatic N) is 3. The number of benzene rings is 2. The average Bonchev–Trinajstić information content (AvgIpc) is 3.01. The molecule has 1 saturated carbocycles. The maximum absolute atomic E-state index is 10.9. The molecule has 2 fully saturated rings. The van der Waals surface area contributed by atoms with Crippen LogP contribution in [-0.4, -0.2) is 50.7 Å². The standard InChI is InChI=1S/C23H25N3O2/c27-15-20-22(18-5-2-1-3-6-18)23(20)16-25(14-21(23)28)13-17-7-9-19(10-8-17)26-12-4-11-24-26/h1-12,20-22,27-28H,13-16H2/t20-,21-,22-,23-/m1/s1. The number of rotatable bonds is 5. The van der Waals surface area contributed by atoms with Crippen molar-refractivity contribution in [3.8, 4) is 5.69 Å². The molecule has 2 aromatic carbocycles. The van der Waals surface area contributed by atoms with Gasteiger partial charge in [0.1, 0.15) is 0 Å². The van der Waals surface area contributed by atoms with Gasteiger partial charge in [0.25, 0.3) is 0 Å². The van der Waals surface area contributed by atoms with Gasteiger partial charge in [-0.15, -0.1) is 0 Å². The molecule has 0 amide bonds. The third-order valence-corrected chi connectivity index (χ3v) is 6.58. The molecule has 5 rings (SSSR count). The zero-order valence-electron chi connectivity index (χ0n) is 15.7. The first-order valence-electron chi connectivity index (χ1n) is 9.87. The lowest BCUT2D eigenvalue weighted by Crippen LogP contribution is -2.23. The van der Waals surface area contributed by atoms with E-state index in [1.165, 1.54) is 11.1 Å². The lowest BCUT2D eigenvalue weighted by atomic mass is 9.95. The minimum absolute atomic E-state index is 0.128. The number of aliphatic hydroxyl groups is 2. The molecule has 2 aliphatic rings. The zero-order chi connectivity index (χ0) is 19.1.